The van der Waals surface area contributed by atoms with Crippen LogP contribution in [0.1, 0.15) is 150 Å². The number of nitrogens with zero attached hydrogens (tertiary/aromatic N) is 4. The number of rotatable bonds is 24. The van der Waals surface area contributed by atoms with E-state index in [1.807, 2.05) is 49.4 Å². The van der Waals surface area contributed by atoms with Crippen LogP contribution in [0.4, 0.5) is 13.2 Å². The Morgan fingerprint density at radius 3 is 2.09 bits per heavy atom. The maximum atomic E-state index is 15.0. The van der Waals surface area contributed by atoms with Crippen LogP contribution < -0.4 is 26.6 Å². The summed E-state index contributed by atoms with van der Waals surface area (Å²) < 4.78 is 62.3. The Bertz CT molecular complexity index is 3670. The van der Waals surface area contributed by atoms with Crippen LogP contribution in [0.5, 0.6) is 0 Å². The molecule has 22 nitrogen and oxygen atoms in total. The smallest absolute Gasteiger partial charge is 0.391 e. The molecule has 8 N–H and O–H groups in total. The number of aliphatic hydroxyl groups is 1. The first-order valence-corrected chi connectivity index (χ1v) is 34.9. The van der Waals surface area contributed by atoms with E-state index in [1.54, 1.807) is 64.1 Å². The molecule has 5 heterocycles. The number of halogens is 3. The molecule has 508 valence electrons. The molecule has 4 aliphatic rings. The third-order valence-corrected chi connectivity index (χ3v) is 20.7. The lowest BCUT2D eigenvalue weighted by atomic mass is 9.85. The molecule has 4 fully saturated rings. The van der Waals surface area contributed by atoms with Gasteiger partial charge in [0.15, 0.2) is 5.67 Å². The van der Waals surface area contributed by atoms with Gasteiger partial charge >= 0.3 is 13.3 Å². The molecule has 9 rings (SSSR count). The summed E-state index contributed by atoms with van der Waals surface area (Å²) in [5.41, 5.74) is -4.39. The first-order valence-electron chi connectivity index (χ1n) is 31.6. The molecule has 1 aliphatic carbocycles. The lowest BCUT2D eigenvalue weighted by Gasteiger charge is -2.38. The van der Waals surface area contributed by atoms with Crippen LogP contribution in [-0.4, -0.2) is 163 Å². The normalized spacial score (nSPS) is 20.9. The SMILES string of the molecule is Cc1ncsc1-c1ccc(C(CC(=O)NCCCCCCC(=O)N[C@H]2C[C@@H](C(=O)N3CCOC(c4ccccc4)C3)N(C(=O)C(NC(=O)c3cc4cc(C(F)(F)P(=O)(O)O)ccc4s3)C(C)(C)C)C2)NC(=O)[C@@H]2C[C@@H](O)CN2C(=O)C(NC(=O)C2(F)CC2)C(C)(C)C)cc1. The van der Waals surface area contributed by atoms with Crippen molar-refractivity contribution in [2.45, 2.75) is 172 Å². The zero-order chi connectivity index (χ0) is 68.2. The van der Waals surface area contributed by atoms with Gasteiger partial charge in [-0.05, 0) is 90.1 Å². The van der Waals surface area contributed by atoms with Crippen molar-refractivity contribution in [3.8, 4) is 10.4 Å². The molecule has 94 heavy (non-hydrogen) atoms. The number of aryl methyl sites for hydroxylation is 1. The van der Waals surface area contributed by atoms with Crippen LogP contribution in [0, 0.1) is 17.8 Å². The van der Waals surface area contributed by atoms with Gasteiger partial charge in [0, 0.05) is 55.3 Å². The molecule has 0 spiro atoms. The minimum atomic E-state index is -5.88. The molecule has 0 bridgehead atoms. The summed E-state index contributed by atoms with van der Waals surface area (Å²) in [6.45, 7) is 12.9. The van der Waals surface area contributed by atoms with Crippen molar-refractivity contribution in [1.82, 2.24) is 46.3 Å². The molecule has 8 atom stereocenters. The summed E-state index contributed by atoms with van der Waals surface area (Å²) in [5.74, 6) is -4.54. The van der Waals surface area contributed by atoms with E-state index in [0.29, 0.717) is 35.9 Å². The number of carbonyl (C=O) groups excluding carboxylic acids is 8. The maximum absolute atomic E-state index is 15.0. The predicted molar refractivity (Wildman–Crippen MR) is 347 cm³/mol. The van der Waals surface area contributed by atoms with Crippen LogP contribution in [-0.2, 0) is 48.5 Å². The van der Waals surface area contributed by atoms with Gasteiger partial charge in [-0.15, -0.1) is 22.7 Å². The number of hydrogen-bond donors (Lipinski definition) is 8. The number of amides is 8. The van der Waals surface area contributed by atoms with Crippen LogP contribution in [0.2, 0.25) is 0 Å². The lowest BCUT2D eigenvalue weighted by molar-refractivity contribution is -0.150. The number of fused-ring (bicyclic) bond motifs is 1. The molecule has 3 aromatic carbocycles. The van der Waals surface area contributed by atoms with Crippen LogP contribution in [0.15, 0.2) is 84.4 Å². The van der Waals surface area contributed by atoms with E-state index < -0.39 is 113 Å². The summed E-state index contributed by atoms with van der Waals surface area (Å²) in [6, 6.07) is 14.8. The number of alkyl halides is 3. The third kappa shape index (κ3) is 16.9. The van der Waals surface area contributed by atoms with E-state index in [2.05, 4.69) is 31.6 Å². The van der Waals surface area contributed by atoms with Crippen molar-refractivity contribution in [3.05, 3.63) is 112 Å². The van der Waals surface area contributed by atoms with Crippen molar-refractivity contribution in [2.75, 3.05) is 39.3 Å². The molecule has 28 heteroatoms. The molecule has 3 saturated heterocycles. The number of hydrogen-bond acceptors (Lipinski definition) is 14. The van der Waals surface area contributed by atoms with Crippen LogP contribution >= 0.6 is 30.3 Å². The number of unbranched alkanes of at least 4 members (excludes halogenated alkanes) is 3. The van der Waals surface area contributed by atoms with Gasteiger partial charge in [-0.25, -0.2) is 9.37 Å². The van der Waals surface area contributed by atoms with E-state index >= 15 is 4.79 Å². The molecule has 3 aliphatic heterocycles. The number of thiophene rings is 1. The molecule has 0 radical (unpaired) electrons. The Morgan fingerprint density at radius 1 is 0.787 bits per heavy atom. The van der Waals surface area contributed by atoms with E-state index in [0.717, 1.165) is 45.2 Å². The Balaban J connectivity index is 0.806. The number of likely N-dealkylation sites (tertiary alicyclic amines) is 2. The molecule has 1 saturated carbocycles. The molecular formula is C66H83F3N9O13PS2. The Labute approximate surface area is 551 Å². The van der Waals surface area contributed by atoms with Gasteiger partial charge in [-0.2, -0.15) is 8.78 Å². The van der Waals surface area contributed by atoms with Crippen molar-refractivity contribution >= 4 is 87.6 Å². The highest BCUT2D eigenvalue weighted by molar-refractivity contribution is 7.52. The second-order valence-corrected chi connectivity index (χ2v) is 30.7. The average Bonchev–Trinajstić information content (AvgIpc) is 1.52. The highest BCUT2D eigenvalue weighted by atomic mass is 32.1. The summed E-state index contributed by atoms with van der Waals surface area (Å²) in [4.78, 5) is 141. The zero-order valence-electron chi connectivity index (χ0n) is 53.6. The number of β-amino-alcohol motifs (C(OH)–C–C–N with tert-alkyl or cyclic N) is 1. The highest BCUT2D eigenvalue weighted by Crippen LogP contribution is 2.59. The van der Waals surface area contributed by atoms with Crippen LogP contribution in [0.3, 0.4) is 0 Å². The van der Waals surface area contributed by atoms with E-state index in [-0.39, 0.29) is 106 Å². The molecule has 8 amide bonds. The number of ether oxygens (including phenoxy) is 1. The second kappa shape index (κ2) is 29.1. The summed E-state index contributed by atoms with van der Waals surface area (Å²) in [7, 11) is -5.88. The average molecular weight is 1360 g/mol. The second-order valence-electron chi connectivity index (χ2n) is 27.1. The highest BCUT2D eigenvalue weighted by Gasteiger charge is 2.54. The van der Waals surface area contributed by atoms with Crippen molar-refractivity contribution < 1.29 is 75.7 Å². The number of nitrogens with one attached hydrogen (secondary N) is 5. The quantitative estimate of drug-likeness (QED) is 0.0217. The van der Waals surface area contributed by atoms with E-state index in [1.165, 1.54) is 33.3 Å². The Morgan fingerprint density at radius 2 is 1.45 bits per heavy atom. The van der Waals surface area contributed by atoms with Gasteiger partial charge in [0.25, 0.3) is 11.8 Å². The molecular weight excluding hydrogens is 1280 g/mol. The number of aliphatic hydroxyl groups excluding tert-OH is 1. The zero-order valence-corrected chi connectivity index (χ0v) is 56.2. The minimum absolute atomic E-state index is 0.0301. The fraction of sp³-hybridized carbons (Fsp3) is 0.530. The van der Waals surface area contributed by atoms with Gasteiger partial charge in [0.05, 0.1) is 52.7 Å². The summed E-state index contributed by atoms with van der Waals surface area (Å²) in [6.07, 6.45) is 0.697. The van der Waals surface area contributed by atoms with Crippen molar-refractivity contribution in [3.63, 3.8) is 0 Å². The Hall–Kier alpha value is -7.13. The van der Waals surface area contributed by atoms with Crippen molar-refractivity contribution in [1.29, 1.82) is 0 Å². The molecule has 4 unspecified atom stereocenters. The first kappa shape index (κ1) is 71.2. The lowest BCUT2D eigenvalue weighted by Crippen LogP contribution is -2.59. The largest absolute Gasteiger partial charge is 0.399 e. The number of morpholine rings is 1. The topological polar surface area (TPSA) is 306 Å². The Kier molecular flexibility index (Phi) is 22.0. The summed E-state index contributed by atoms with van der Waals surface area (Å²) in [5, 5.41) is 25.3. The number of aromatic nitrogens is 1. The summed E-state index contributed by atoms with van der Waals surface area (Å²) >= 11 is 2.40. The minimum Gasteiger partial charge on any atom is -0.391 e. The fourth-order valence-corrected chi connectivity index (χ4v) is 14.3. The van der Waals surface area contributed by atoms with E-state index in [4.69, 9.17) is 4.74 Å². The molecule has 2 aromatic heterocycles. The van der Waals surface area contributed by atoms with E-state index in [9.17, 15) is 66.2 Å². The number of thiazole rings is 1. The van der Waals surface area contributed by atoms with Gasteiger partial charge in [-0.3, -0.25) is 42.9 Å². The fourth-order valence-electron chi connectivity index (χ4n) is 12.1. The predicted octanol–water partition coefficient (Wildman–Crippen LogP) is 7.70. The number of benzene rings is 3. The monoisotopic (exact) mass is 1360 g/mol. The van der Waals surface area contributed by atoms with Gasteiger partial charge in [0.2, 0.25) is 35.4 Å². The standard InChI is InChI=1S/C66H83F3N9O13PS2/c1-38-54(93-37-71-38)41-20-18-39(19-21-41)46(73-57(82)47-32-45(79)35-78(47)61(86)56(64(5,6)7)75-62(87)65(67)24-25-65)33-53(81)70-26-14-9-8-13-17-52(80)72-44-31-48(59(84)76-27-28-91-49(36-76)40-15-11-10-12-16-40)77(34-44)60(85)55(63(2,3)4)74-58(83)51-30-42-29-43(22-23-50(42)94-51)66(68,69)92(88,89)90/h10-12,15-16,18-23,29-30,37,44-49,55-56,79H,8-9,13-14,17,24-28,31-36H2,1-7H3,(H,70,81)(H,72,80)(H,73,82)(H,74,83)(H,75,87)(H2,88,89,90)/t44-,45+,46?,47-,48-,49?,55?,56?/m0/s1. The van der Waals surface area contributed by atoms with Crippen molar-refractivity contribution in [2.24, 2.45) is 10.8 Å². The van der Waals surface area contributed by atoms with Gasteiger partial charge in [-0.1, -0.05) is 115 Å². The first-order chi connectivity index (χ1) is 44.2. The van der Waals surface area contributed by atoms with Gasteiger partial charge in [0.1, 0.15) is 30.3 Å². The van der Waals surface area contributed by atoms with Gasteiger partial charge < -0.3 is 60.9 Å². The maximum Gasteiger partial charge on any atom is 0.399 e. The third-order valence-electron chi connectivity index (χ3n) is 17.7. The van der Waals surface area contributed by atoms with Crippen LogP contribution in [0.25, 0.3) is 20.5 Å². The molecule has 5 aromatic rings. The number of carbonyl (C=O) groups is 8.